The Bertz CT molecular complexity index is 884. The summed E-state index contributed by atoms with van der Waals surface area (Å²) in [4.78, 5) is 29.3. The molecule has 0 unspecified atom stereocenters. The van der Waals surface area contributed by atoms with Crippen LogP contribution in [0.4, 0.5) is 5.13 Å². The number of hydrogen-bond acceptors (Lipinski definition) is 5. The van der Waals surface area contributed by atoms with E-state index in [0.717, 1.165) is 28.6 Å². The van der Waals surface area contributed by atoms with Gasteiger partial charge in [0.1, 0.15) is 5.75 Å². The van der Waals surface area contributed by atoms with Crippen LogP contribution in [0.2, 0.25) is 0 Å². The van der Waals surface area contributed by atoms with E-state index in [1.165, 1.54) is 11.3 Å². The van der Waals surface area contributed by atoms with E-state index in [2.05, 4.69) is 15.3 Å². The van der Waals surface area contributed by atoms with Crippen molar-refractivity contribution in [3.05, 3.63) is 41.0 Å². The first-order valence-corrected chi connectivity index (χ1v) is 7.75. The Balaban J connectivity index is 1.68. The van der Waals surface area contributed by atoms with Gasteiger partial charge in [-0.2, -0.15) is 0 Å². The Morgan fingerprint density at radius 3 is 2.96 bits per heavy atom. The van der Waals surface area contributed by atoms with Gasteiger partial charge >= 0.3 is 11.8 Å². The number of thiazole rings is 1. The number of carbonyl (C=O) groups is 2. The van der Waals surface area contributed by atoms with Gasteiger partial charge in [-0.1, -0.05) is 0 Å². The number of amides is 2. The summed E-state index contributed by atoms with van der Waals surface area (Å²) in [6.07, 6.45) is 3.31. The Kier molecular flexibility index (Phi) is 3.98. The van der Waals surface area contributed by atoms with Gasteiger partial charge in [0.15, 0.2) is 5.13 Å². The number of aromatic nitrogens is 2. The number of nitrogens with one attached hydrogen (secondary N) is 2. The molecule has 0 aliphatic carbocycles. The zero-order valence-corrected chi connectivity index (χ0v) is 12.8. The standard InChI is InChI=1S/C15H14N4O3S/c16-13(21)14(22)19-15-18-9(7-23-15)2-1-8-6-17-12-4-3-10(20)5-11(8)12/h3-7,17,20H,1-2H2,(H2,16,21)(H,18,19,22). The van der Waals surface area contributed by atoms with Gasteiger partial charge in [0.25, 0.3) is 0 Å². The number of hydrogen-bond donors (Lipinski definition) is 4. The highest BCUT2D eigenvalue weighted by Crippen LogP contribution is 2.24. The second kappa shape index (κ2) is 6.09. The molecule has 0 spiro atoms. The molecule has 0 saturated heterocycles. The van der Waals surface area contributed by atoms with E-state index in [-0.39, 0.29) is 5.75 Å². The third kappa shape index (κ3) is 3.32. The van der Waals surface area contributed by atoms with Crippen LogP contribution in [-0.2, 0) is 22.4 Å². The first kappa shape index (κ1) is 15.0. The van der Waals surface area contributed by atoms with Crippen molar-refractivity contribution in [3.63, 3.8) is 0 Å². The summed E-state index contributed by atoms with van der Waals surface area (Å²) in [7, 11) is 0. The first-order chi connectivity index (χ1) is 11.0. The van der Waals surface area contributed by atoms with Crippen LogP contribution in [0.5, 0.6) is 5.75 Å². The summed E-state index contributed by atoms with van der Waals surface area (Å²) in [5.74, 6) is -1.69. The molecule has 5 N–H and O–H groups in total. The van der Waals surface area contributed by atoms with Crippen molar-refractivity contribution in [2.24, 2.45) is 5.73 Å². The third-order valence-electron chi connectivity index (χ3n) is 3.40. The predicted molar refractivity (Wildman–Crippen MR) is 87.3 cm³/mol. The molecule has 0 aliphatic heterocycles. The largest absolute Gasteiger partial charge is 0.508 e. The maximum atomic E-state index is 11.2. The number of H-pyrrole nitrogens is 1. The third-order valence-corrected chi connectivity index (χ3v) is 4.20. The lowest BCUT2D eigenvalue weighted by Crippen LogP contribution is -2.29. The number of nitrogens with two attached hydrogens (primary N) is 1. The van der Waals surface area contributed by atoms with Gasteiger partial charge in [0.05, 0.1) is 5.69 Å². The number of rotatable bonds is 4. The normalized spacial score (nSPS) is 10.8. The Morgan fingerprint density at radius 1 is 1.35 bits per heavy atom. The molecule has 1 aromatic carbocycles. The van der Waals surface area contributed by atoms with Crippen LogP contribution in [0.15, 0.2) is 29.8 Å². The maximum Gasteiger partial charge on any atom is 0.315 e. The summed E-state index contributed by atoms with van der Waals surface area (Å²) >= 11 is 1.24. The first-order valence-electron chi connectivity index (χ1n) is 6.87. The average molecular weight is 330 g/mol. The number of nitrogens with zero attached hydrogens (tertiary/aromatic N) is 1. The molecule has 0 atom stereocenters. The summed E-state index contributed by atoms with van der Waals surface area (Å²) in [6.45, 7) is 0. The van der Waals surface area contributed by atoms with Crippen molar-refractivity contribution in [2.75, 3.05) is 5.32 Å². The molecule has 2 heterocycles. The molecular formula is C15H14N4O3S. The monoisotopic (exact) mass is 330 g/mol. The SMILES string of the molecule is NC(=O)C(=O)Nc1nc(CCc2c[nH]c3ccc(O)cc23)cs1. The summed E-state index contributed by atoms with van der Waals surface area (Å²) in [6, 6.07) is 5.19. The number of carbonyl (C=O) groups excluding carboxylic acids is 2. The number of phenols is 1. The molecule has 0 fully saturated rings. The van der Waals surface area contributed by atoms with Gasteiger partial charge in [0, 0.05) is 22.5 Å². The van der Waals surface area contributed by atoms with Crippen molar-refractivity contribution in [3.8, 4) is 5.75 Å². The van der Waals surface area contributed by atoms with Gasteiger partial charge in [0.2, 0.25) is 0 Å². The van der Waals surface area contributed by atoms with Gasteiger partial charge in [-0.25, -0.2) is 4.98 Å². The smallest absolute Gasteiger partial charge is 0.315 e. The Morgan fingerprint density at radius 2 is 2.17 bits per heavy atom. The van der Waals surface area contributed by atoms with E-state index in [4.69, 9.17) is 5.73 Å². The van der Waals surface area contributed by atoms with Crippen molar-refractivity contribution in [1.82, 2.24) is 9.97 Å². The van der Waals surface area contributed by atoms with E-state index < -0.39 is 11.8 Å². The molecule has 118 valence electrons. The number of aryl methyl sites for hydroxylation is 2. The van der Waals surface area contributed by atoms with Crippen LogP contribution >= 0.6 is 11.3 Å². The highest BCUT2D eigenvalue weighted by atomic mass is 32.1. The highest BCUT2D eigenvalue weighted by molar-refractivity contribution is 7.14. The van der Waals surface area contributed by atoms with Crippen molar-refractivity contribution in [1.29, 1.82) is 0 Å². The van der Waals surface area contributed by atoms with Crippen molar-refractivity contribution in [2.45, 2.75) is 12.8 Å². The van der Waals surface area contributed by atoms with Crippen molar-refractivity contribution < 1.29 is 14.7 Å². The number of aromatic hydroxyl groups is 1. The van der Waals surface area contributed by atoms with Gasteiger partial charge in [-0.05, 0) is 36.6 Å². The molecule has 2 amide bonds. The molecule has 8 heteroatoms. The average Bonchev–Trinajstić information content (AvgIpc) is 3.11. The topological polar surface area (TPSA) is 121 Å². The predicted octanol–water partition coefficient (Wildman–Crippen LogP) is 1.54. The Hall–Kier alpha value is -2.87. The van der Waals surface area contributed by atoms with E-state index in [0.29, 0.717) is 11.6 Å². The minimum Gasteiger partial charge on any atom is -0.508 e. The second-order valence-corrected chi connectivity index (χ2v) is 5.86. The zero-order valence-electron chi connectivity index (χ0n) is 12.0. The maximum absolute atomic E-state index is 11.2. The van der Waals surface area contributed by atoms with Crippen LogP contribution < -0.4 is 11.1 Å². The summed E-state index contributed by atoms with van der Waals surface area (Å²) in [5.41, 5.74) is 7.73. The molecule has 3 rings (SSSR count). The fourth-order valence-electron chi connectivity index (χ4n) is 2.27. The molecule has 23 heavy (non-hydrogen) atoms. The lowest BCUT2D eigenvalue weighted by molar-refractivity contribution is -0.134. The molecule has 0 radical (unpaired) electrons. The van der Waals surface area contributed by atoms with E-state index in [1.54, 1.807) is 12.1 Å². The quantitative estimate of drug-likeness (QED) is 0.542. The van der Waals surface area contributed by atoms with Crippen molar-refractivity contribution >= 4 is 39.2 Å². The molecule has 0 bridgehead atoms. The minimum atomic E-state index is -1.04. The van der Waals surface area contributed by atoms with Crippen LogP contribution in [0.3, 0.4) is 0 Å². The molecule has 2 aromatic heterocycles. The molecule has 0 aliphatic rings. The Labute approximate surface area is 135 Å². The van der Waals surface area contributed by atoms with Crippen LogP contribution in [0.25, 0.3) is 10.9 Å². The summed E-state index contributed by atoms with van der Waals surface area (Å²) < 4.78 is 0. The van der Waals surface area contributed by atoms with E-state index >= 15 is 0 Å². The lowest BCUT2D eigenvalue weighted by atomic mass is 10.1. The van der Waals surface area contributed by atoms with Crippen LogP contribution in [-0.4, -0.2) is 26.9 Å². The minimum absolute atomic E-state index is 0.225. The highest BCUT2D eigenvalue weighted by Gasteiger charge is 2.12. The van der Waals surface area contributed by atoms with Gasteiger partial charge < -0.3 is 15.8 Å². The fraction of sp³-hybridized carbons (Fsp3) is 0.133. The fourth-order valence-corrected chi connectivity index (χ4v) is 3.01. The zero-order chi connectivity index (χ0) is 16.4. The lowest BCUT2D eigenvalue weighted by Gasteiger charge is -1.99. The summed E-state index contributed by atoms with van der Waals surface area (Å²) in [5, 5.41) is 15.1. The van der Waals surface area contributed by atoms with Gasteiger partial charge in [-0.15, -0.1) is 11.3 Å². The number of phenolic OH excluding ortho intramolecular Hbond substituents is 1. The number of primary amides is 1. The van der Waals surface area contributed by atoms with Crippen LogP contribution in [0.1, 0.15) is 11.3 Å². The number of anilines is 1. The number of fused-ring (bicyclic) bond motifs is 1. The van der Waals surface area contributed by atoms with E-state index in [9.17, 15) is 14.7 Å². The molecule has 0 saturated carbocycles. The van der Waals surface area contributed by atoms with E-state index in [1.807, 2.05) is 17.6 Å². The molecule has 3 aromatic rings. The number of benzene rings is 1. The second-order valence-electron chi connectivity index (χ2n) is 5.01. The van der Waals surface area contributed by atoms with Crippen LogP contribution in [0, 0.1) is 0 Å². The number of aromatic amines is 1. The molecule has 7 nitrogen and oxygen atoms in total. The molecular weight excluding hydrogens is 316 g/mol. The van der Waals surface area contributed by atoms with Gasteiger partial charge in [-0.3, -0.25) is 14.9 Å².